The van der Waals surface area contributed by atoms with Gasteiger partial charge in [-0.1, -0.05) is 5.16 Å². The maximum absolute atomic E-state index is 12.8. The van der Waals surface area contributed by atoms with E-state index in [0.717, 1.165) is 62.5 Å². The predicted octanol–water partition coefficient (Wildman–Crippen LogP) is 3.02. The van der Waals surface area contributed by atoms with Crippen LogP contribution in [0.2, 0.25) is 0 Å². The lowest BCUT2D eigenvalue weighted by atomic mass is 9.94. The zero-order valence-electron chi connectivity index (χ0n) is 15.4. The van der Waals surface area contributed by atoms with Gasteiger partial charge in [0, 0.05) is 24.9 Å². The van der Waals surface area contributed by atoms with Gasteiger partial charge in [-0.05, 0) is 57.3 Å². The highest BCUT2D eigenvalue weighted by Gasteiger charge is 2.29. The Morgan fingerprint density at radius 2 is 2.12 bits per heavy atom. The summed E-state index contributed by atoms with van der Waals surface area (Å²) in [7, 11) is 1.89. The first-order chi connectivity index (χ1) is 12.7. The van der Waals surface area contributed by atoms with Crippen LogP contribution in [0.1, 0.15) is 48.5 Å². The number of furan rings is 1. The second-order valence-electron chi connectivity index (χ2n) is 7.56. The molecule has 6 nitrogen and oxygen atoms in total. The molecule has 0 bridgehead atoms. The van der Waals surface area contributed by atoms with Crippen molar-refractivity contribution >= 4 is 5.91 Å². The van der Waals surface area contributed by atoms with Crippen LogP contribution >= 0.6 is 0 Å². The van der Waals surface area contributed by atoms with E-state index >= 15 is 0 Å². The number of hydrogen-bond acceptors (Lipinski definition) is 5. The Balaban J connectivity index is 1.30. The number of piperidine rings is 1. The second kappa shape index (κ2) is 7.66. The van der Waals surface area contributed by atoms with E-state index in [1.165, 1.54) is 18.4 Å². The molecule has 2 aliphatic rings. The molecule has 6 heteroatoms. The van der Waals surface area contributed by atoms with Crippen LogP contribution in [0.3, 0.4) is 0 Å². The number of fused-ring (bicyclic) bond motifs is 1. The van der Waals surface area contributed by atoms with E-state index in [2.05, 4.69) is 10.1 Å². The first kappa shape index (κ1) is 17.3. The first-order valence-corrected chi connectivity index (χ1v) is 9.66. The van der Waals surface area contributed by atoms with Gasteiger partial charge in [0.05, 0.1) is 19.4 Å². The van der Waals surface area contributed by atoms with Crippen molar-refractivity contribution in [2.24, 2.45) is 5.92 Å². The minimum atomic E-state index is 0.107. The molecule has 1 aliphatic heterocycles. The molecule has 0 radical (unpaired) electrons. The van der Waals surface area contributed by atoms with Crippen molar-refractivity contribution in [3.05, 3.63) is 41.2 Å². The van der Waals surface area contributed by atoms with E-state index in [4.69, 9.17) is 8.94 Å². The molecule has 2 aromatic heterocycles. The third kappa shape index (κ3) is 3.70. The van der Waals surface area contributed by atoms with Gasteiger partial charge in [0.15, 0.2) is 0 Å². The summed E-state index contributed by atoms with van der Waals surface area (Å²) in [5.41, 5.74) is 2.19. The van der Waals surface area contributed by atoms with Gasteiger partial charge < -0.3 is 13.8 Å². The minimum absolute atomic E-state index is 0.107. The number of aryl methyl sites for hydroxylation is 1. The van der Waals surface area contributed by atoms with Gasteiger partial charge in [-0.15, -0.1) is 0 Å². The summed E-state index contributed by atoms with van der Waals surface area (Å²) in [4.78, 5) is 17.0. The van der Waals surface area contributed by atoms with Gasteiger partial charge in [-0.2, -0.15) is 0 Å². The molecule has 0 aromatic carbocycles. The zero-order valence-corrected chi connectivity index (χ0v) is 15.4. The summed E-state index contributed by atoms with van der Waals surface area (Å²) >= 11 is 0. The van der Waals surface area contributed by atoms with Crippen molar-refractivity contribution in [2.45, 2.75) is 51.6 Å². The highest BCUT2D eigenvalue weighted by atomic mass is 16.5. The van der Waals surface area contributed by atoms with Crippen molar-refractivity contribution in [1.82, 2.24) is 15.0 Å². The molecule has 4 rings (SSSR count). The van der Waals surface area contributed by atoms with Gasteiger partial charge in [0.25, 0.3) is 0 Å². The van der Waals surface area contributed by atoms with Crippen LogP contribution in [0, 0.1) is 5.92 Å². The second-order valence-corrected chi connectivity index (χ2v) is 7.56. The van der Waals surface area contributed by atoms with Gasteiger partial charge in [-0.3, -0.25) is 9.69 Å². The number of amides is 1. The number of hydrogen-bond donors (Lipinski definition) is 0. The molecule has 1 fully saturated rings. The van der Waals surface area contributed by atoms with Gasteiger partial charge in [-0.25, -0.2) is 0 Å². The van der Waals surface area contributed by atoms with E-state index in [9.17, 15) is 4.79 Å². The van der Waals surface area contributed by atoms with E-state index in [1.54, 1.807) is 6.26 Å². The first-order valence-electron chi connectivity index (χ1n) is 9.66. The molecule has 3 heterocycles. The van der Waals surface area contributed by atoms with Crippen molar-refractivity contribution in [2.75, 3.05) is 20.1 Å². The van der Waals surface area contributed by atoms with Crippen molar-refractivity contribution in [1.29, 1.82) is 0 Å². The molecule has 26 heavy (non-hydrogen) atoms. The number of carbonyl (C=O) groups is 1. The summed E-state index contributed by atoms with van der Waals surface area (Å²) < 4.78 is 10.9. The topological polar surface area (TPSA) is 62.7 Å². The van der Waals surface area contributed by atoms with Gasteiger partial charge in [0.2, 0.25) is 5.91 Å². The molecule has 0 N–H and O–H groups in total. The molecule has 0 unspecified atom stereocenters. The van der Waals surface area contributed by atoms with Crippen molar-refractivity contribution in [3.63, 3.8) is 0 Å². The summed E-state index contributed by atoms with van der Waals surface area (Å²) in [6.07, 6.45) is 7.89. The number of aromatic nitrogens is 1. The average molecular weight is 357 g/mol. The lowest BCUT2D eigenvalue weighted by molar-refractivity contribution is -0.136. The Labute approximate surface area is 154 Å². The van der Waals surface area contributed by atoms with Crippen LogP contribution in [0.25, 0.3) is 0 Å². The molecule has 0 saturated carbocycles. The van der Waals surface area contributed by atoms with Crippen LogP contribution in [-0.2, 0) is 30.7 Å². The fourth-order valence-electron chi connectivity index (χ4n) is 4.15. The fourth-order valence-corrected chi connectivity index (χ4v) is 4.15. The highest BCUT2D eigenvalue weighted by Crippen LogP contribution is 2.26. The number of carbonyl (C=O) groups excluding carboxylic acids is 1. The standard InChI is InChI=1S/C20H27N3O3/c1-22(14-18-17-6-2-3-7-19(17)26-21-18)20(24)15-8-10-23(11-9-15)13-16-5-4-12-25-16/h4-5,12,15H,2-3,6-11,13-14H2,1H3. The van der Waals surface area contributed by atoms with E-state index < -0.39 is 0 Å². The number of nitrogens with zero attached hydrogens (tertiary/aromatic N) is 3. The Morgan fingerprint density at radius 3 is 2.88 bits per heavy atom. The van der Waals surface area contributed by atoms with E-state index in [0.29, 0.717) is 6.54 Å². The molecule has 140 valence electrons. The Morgan fingerprint density at radius 1 is 1.31 bits per heavy atom. The molecule has 1 saturated heterocycles. The van der Waals surface area contributed by atoms with Crippen molar-refractivity contribution < 1.29 is 13.7 Å². The zero-order chi connectivity index (χ0) is 17.9. The SMILES string of the molecule is CN(Cc1noc2c1CCCC2)C(=O)C1CCN(Cc2ccco2)CC1. The summed E-state index contributed by atoms with van der Waals surface area (Å²) in [5.74, 6) is 2.35. The number of rotatable bonds is 5. The lowest BCUT2D eigenvalue weighted by Gasteiger charge is -2.32. The third-order valence-electron chi connectivity index (χ3n) is 5.69. The molecule has 1 aliphatic carbocycles. The van der Waals surface area contributed by atoms with Gasteiger partial charge in [0.1, 0.15) is 17.2 Å². The summed E-state index contributed by atoms with van der Waals surface area (Å²) in [6, 6.07) is 3.92. The van der Waals surface area contributed by atoms with Crippen molar-refractivity contribution in [3.8, 4) is 0 Å². The molecular formula is C20H27N3O3. The Kier molecular flexibility index (Phi) is 5.11. The van der Waals surface area contributed by atoms with Crippen LogP contribution in [0.15, 0.2) is 27.3 Å². The summed E-state index contributed by atoms with van der Waals surface area (Å²) in [6.45, 7) is 3.26. The minimum Gasteiger partial charge on any atom is -0.468 e. The quantitative estimate of drug-likeness (QED) is 0.823. The van der Waals surface area contributed by atoms with Gasteiger partial charge >= 0.3 is 0 Å². The smallest absolute Gasteiger partial charge is 0.225 e. The summed E-state index contributed by atoms with van der Waals surface area (Å²) in [5, 5.41) is 4.23. The Bertz CT molecular complexity index is 730. The maximum Gasteiger partial charge on any atom is 0.225 e. The molecule has 1 amide bonds. The molecule has 0 atom stereocenters. The normalized spacial score (nSPS) is 18.7. The highest BCUT2D eigenvalue weighted by molar-refractivity contribution is 5.78. The largest absolute Gasteiger partial charge is 0.468 e. The van der Waals surface area contributed by atoms with E-state index in [1.807, 2.05) is 24.1 Å². The molecular weight excluding hydrogens is 330 g/mol. The third-order valence-corrected chi connectivity index (χ3v) is 5.69. The lowest BCUT2D eigenvalue weighted by Crippen LogP contribution is -2.40. The fraction of sp³-hybridized carbons (Fsp3) is 0.600. The van der Waals surface area contributed by atoms with Crippen LogP contribution in [-0.4, -0.2) is 41.0 Å². The molecule has 0 spiro atoms. The number of likely N-dealkylation sites (tertiary alicyclic amines) is 1. The van der Waals surface area contributed by atoms with Crippen LogP contribution < -0.4 is 0 Å². The van der Waals surface area contributed by atoms with E-state index in [-0.39, 0.29) is 11.8 Å². The van der Waals surface area contributed by atoms with Crippen LogP contribution in [0.4, 0.5) is 0 Å². The average Bonchev–Trinajstić information content (AvgIpc) is 3.32. The monoisotopic (exact) mass is 357 g/mol. The maximum atomic E-state index is 12.8. The van der Waals surface area contributed by atoms with Crippen LogP contribution in [0.5, 0.6) is 0 Å². The molecule has 2 aromatic rings. The Hall–Kier alpha value is -2.08. The predicted molar refractivity (Wildman–Crippen MR) is 96.3 cm³/mol.